The van der Waals surface area contributed by atoms with Gasteiger partial charge in [-0.05, 0) is 31.0 Å². The molecule has 5 nitrogen and oxygen atoms in total. The third-order valence-corrected chi connectivity index (χ3v) is 7.56. The van der Waals surface area contributed by atoms with Gasteiger partial charge in [-0.3, -0.25) is 4.79 Å². The number of rotatable bonds is 4. The number of sulfonamides is 1. The van der Waals surface area contributed by atoms with E-state index in [1.54, 1.807) is 11.9 Å². The highest BCUT2D eigenvalue weighted by Crippen LogP contribution is 2.34. The Morgan fingerprint density at radius 1 is 1.43 bits per heavy atom. The van der Waals surface area contributed by atoms with E-state index in [-0.39, 0.29) is 27.7 Å². The van der Waals surface area contributed by atoms with Crippen molar-refractivity contribution >= 4 is 39.3 Å². The van der Waals surface area contributed by atoms with Gasteiger partial charge < -0.3 is 4.90 Å². The maximum absolute atomic E-state index is 13.4. The second kappa shape index (κ2) is 6.23. The number of thioether (sulfide) groups is 1. The van der Waals surface area contributed by atoms with Crippen molar-refractivity contribution < 1.29 is 17.6 Å². The van der Waals surface area contributed by atoms with Gasteiger partial charge in [0.15, 0.2) is 0 Å². The van der Waals surface area contributed by atoms with Crippen LogP contribution in [-0.4, -0.2) is 54.3 Å². The fourth-order valence-electron chi connectivity index (χ4n) is 2.54. The minimum Gasteiger partial charge on any atom is -0.341 e. The molecule has 1 aliphatic heterocycles. The molecule has 23 heavy (non-hydrogen) atoms. The number of carbonyl (C=O) groups excluding carboxylic acids is 1. The molecule has 3 rings (SSSR count). The Balaban J connectivity index is 1.91. The Labute approximate surface area is 143 Å². The molecule has 1 aromatic rings. The lowest BCUT2D eigenvalue weighted by Gasteiger charge is -2.27. The van der Waals surface area contributed by atoms with Crippen LogP contribution in [0, 0.1) is 5.82 Å². The Bertz CT molecular complexity index is 740. The highest BCUT2D eigenvalue weighted by Gasteiger charge is 2.44. The summed E-state index contributed by atoms with van der Waals surface area (Å²) < 4.78 is 40.2. The Morgan fingerprint density at radius 2 is 2.13 bits per heavy atom. The highest BCUT2D eigenvalue weighted by atomic mass is 35.5. The molecule has 1 aliphatic carbocycles. The summed E-state index contributed by atoms with van der Waals surface area (Å²) in [6.45, 7) is 0. The van der Waals surface area contributed by atoms with E-state index in [1.807, 2.05) is 0 Å². The molecule has 0 spiro atoms. The molecule has 1 unspecified atom stereocenters. The fraction of sp³-hybridized carbons (Fsp3) is 0.500. The van der Waals surface area contributed by atoms with Gasteiger partial charge in [-0.25, -0.2) is 12.8 Å². The first-order chi connectivity index (χ1) is 10.8. The summed E-state index contributed by atoms with van der Waals surface area (Å²) in [5.74, 6) is -0.349. The Kier molecular flexibility index (Phi) is 4.61. The molecular weight excluding hydrogens is 363 g/mol. The van der Waals surface area contributed by atoms with Gasteiger partial charge in [0.05, 0.1) is 10.9 Å². The fourth-order valence-corrected chi connectivity index (χ4v) is 6.16. The van der Waals surface area contributed by atoms with E-state index in [0.717, 1.165) is 29.3 Å². The van der Waals surface area contributed by atoms with E-state index in [2.05, 4.69) is 0 Å². The molecule has 1 amide bonds. The molecule has 126 valence electrons. The smallest absolute Gasteiger partial charge is 0.246 e. The summed E-state index contributed by atoms with van der Waals surface area (Å²) in [6, 6.07) is 2.64. The first-order valence-corrected chi connectivity index (χ1v) is 10.1. The van der Waals surface area contributed by atoms with Gasteiger partial charge in [0.2, 0.25) is 15.9 Å². The normalized spacial score (nSPS) is 22.3. The number of hydrogen-bond donors (Lipinski definition) is 0. The topological polar surface area (TPSA) is 57.7 Å². The van der Waals surface area contributed by atoms with E-state index < -0.39 is 21.9 Å². The van der Waals surface area contributed by atoms with Crippen molar-refractivity contribution in [3.05, 3.63) is 29.0 Å². The maximum Gasteiger partial charge on any atom is 0.246 e. The number of likely N-dealkylation sites (N-methyl/N-ethyl adjacent to an activating group) is 1. The molecule has 1 saturated heterocycles. The number of hydrogen-bond acceptors (Lipinski definition) is 4. The first-order valence-electron chi connectivity index (χ1n) is 7.13. The van der Waals surface area contributed by atoms with Gasteiger partial charge in [-0.1, -0.05) is 11.6 Å². The lowest BCUT2D eigenvalue weighted by Crippen LogP contribution is -2.48. The summed E-state index contributed by atoms with van der Waals surface area (Å²) in [7, 11) is -2.33. The molecule has 1 heterocycles. The molecule has 0 bridgehead atoms. The molecule has 1 saturated carbocycles. The quantitative estimate of drug-likeness (QED) is 0.805. The SMILES string of the molecule is CN(C(=O)C1CSCN1S(=O)(=O)c1cc(F)ccc1Cl)C1CC1. The number of benzene rings is 1. The third kappa shape index (κ3) is 3.22. The van der Waals surface area contributed by atoms with Crippen molar-refractivity contribution in [1.29, 1.82) is 0 Å². The highest BCUT2D eigenvalue weighted by molar-refractivity contribution is 8.00. The van der Waals surface area contributed by atoms with Crippen molar-refractivity contribution in [2.75, 3.05) is 18.7 Å². The van der Waals surface area contributed by atoms with Crippen LogP contribution in [0.4, 0.5) is 4.39 Å². The molecule has 2 fully saturated rings. The minimum absolute atomic E-state index is 0.0509. The standard InChI is InChI=1S/C14H16ClFN2O3S2/c1-17(10-3-4-10)14(19)12-7-22-8-18(12)23(20,21)13-6-9(16)2-5-11(13)15/h2,5-6,10,12H,3-4,7-8H2,1H3. The van der Waals surface area contributed by atoms with Crippen LogP contribution in [0.5, 0.6) is 0 Å². The van der Waals surface area contributed by atoms with Crippen molar-refractivity contribution in [2.24, 2.45) is 0 Å². The van der Waals surface area contributed by atoms with E-state index in [4.69, 9.17) is 11.6 Å². The van der Waals surface area contributed by atoms with E-state index >= 15 is 0 Å². The van der Waals surface area contributed by atoms with E-state index in [0.29, 0.717) is 5.75 Å². The second-order valence-corrected chi connectivity index (χ2v) is 8.93. The predicted octanol–water partition coefficient (Wildman–Crippen LogP) is 2.16. The zero-order valence-corrected chi connectivity index (χ0v) is 14.8. The molecule has 9 heteroatoms. The van der Waals surface area contributed by atoms with Crippen LogP contribution in [0.1, 0.15) is 12.8 Å². The van der Waals surface area contributed by atoms with Gasteiger partial charge in [-0.2, -0.15) is 4.31 Å². The van der Waals surface area contributed by atoms with Crippen LogP contribution in [-0.2, 0) is 14.8 Å². The van der Waals surface area contributed by atoms with Gasteiger partial charge in [0, 0.05) is 18.8 Å². The Morgan fingerprint density at radius 3 is 2.78 bits per heavy atom. The molecule has 0 N–H and O–H groups in total. The van der Waals surface area contributed by atoms with E-state index in [9.17, 15) is 17.6 Å². The first kappa shape index (κ1) is 17.0. The summed E-state index contributed by atoms with van der Waals surface area (Å²) in [4.78, 5) is 13.9. The average Bonchev–Trinajstić information content (AvgIpc) is 3.24. The average molecular weight is 379 g/mol. The van der Waals surface area contributed by atoms with Gasteiger partial charge in [0.25, 0.3) is 0 Å². The minimum atomic E-state index is -4.03. The van der Waals surface area contributed by atoms with Crippen LogP contribution >= 0.6 is 23.4 Å². The van der Waals surface area contributed by atoms with Crippen LogP contribution in [0.2, 0.25) is 5.02 Å². The van der Waals surface area contributed by atoms with Crippen LogP contribution < -0.4 is 0 Å². The second-order valence-electron chi connectivity index (χ2n) is 5.66. The number of halogens is 2. The monoisotopic (exact) mass is 378 g/mol. The molecule has 1 atom stereocenters. The van der Waals surface area contributed by atoms with Gasteiger partial charge in [0.1, 0.15) is 16.8 Å². The molecular formula is C14H16ClFN2O3S2. The predicted molar refractivity (Wildman–Crippen MR) is 87.3 cm³/mol. The molecule has 0 radical (unpaired) electrons. The number of amides is 1. The van der Waals surface area contributed by atoms with Crippen molar-refractivity contribution in [3.63, 3.8) is 0 Å². The zero-order valence-electron chi connectivity index (χ0n) is 12.4. The molecule has 2 aliphatic rings. The van der Waals surface area contributed by atoms with Crippen molar-refractivity contribution in [1.82, 2.24) is 9.21 Å². The molecule has 0 aromatic heterocycles. The maximum atomic E-state index is 13.4. The summed E-state index contributed by atoms with van der Waals surface area (Å²) in [6.07, 6.45) is 1.90. The van der Waals surface area contributed by atoms with Crippen molar-refractivity contribution in [2.45, 2.75) is 29.8 Å². The Hall–Kier alpha value is -0.830. The van der Waals surface area contributed by atoms with Gasteiger partial charge >= 0.3 is 0 Å². The largest absolute Gasteiger partial charge is 0.341 e. The van der Waals surface area contributed by atoms with Crippen LogP contribution in [0.3, 0.4) is 0 Å². The lowest BCUT2D eigenvalue weighted by atomic mass is 10.3. The summed E-state index contributed by atoms with van der Waals surface area (Å²) in [5.41, 5.74) is 0. The van der Waals surface area contributed by atoms with E-state index in [1.165, 1.54) is 17.8 Å². The number of nitrogens with zero attached hydrogens (tertiary/aromatic N) is 2. The van der Waals surface area contributed by atoms with Crippen LogP contribution in [0.25, 0.3) is 0 Å². The molecule has 1 aromatic carbocycles. The third-order valence-electron chi connectivity index (χ3n) is 4.05. The zero-order chi connectivity index (χ0) is 16.8. The van der Waals surface area contributed by atoms with Crippen LogP contribution in [0.15, 0.2) is 23.1 Å². The summed E-state index contributed by atoms with van der Waals surface area (Å²) >= 11 is 7.30. The number of carbonyl (C=O) groups is 1. The summed E-state index contributed by atoms with van der Waals surface area (Å²) in [5, 5.41) is -0.0509. The van der Waals surface area contributed by atoms with Gasteiger partial charge in [-0.15, -0.1) is 11.8 Å². The lowest BCUT2D eigenvalue weighted by molar-refractivity contribution is -0.133. The van der Waals surface area contributed by atoms with Crippen molar-refractivity contribution in [3.8, 4) is 0 Å².